The van der Waals surface area contributed by atoms with Crippen LogP contribution in [0.5, 0.6) is 0 Å². The molecule has 0 aliphatic carbocycles. The van der Waals surface area contributed by atoms with Gasteiger partial charge in [-0.05, 0) is 54.4 Å². The summed E-state index contributed by atoms with van der Waals surface area (Å²) in [6.07, 6.45) is 3.52. The van der Waals surface area contributed by atoms with E-state index in [0.29, 0.717) is 12.0 Å². The van der Waals surface area contributed by atoms with Gasteiger partial charge in [0.15, 0.2) is 5.65 Å². The van der Waals surface area contributed by atoms with Crippen molar-refractivity contribution in [3.8, 4) is 22.5 Å². The maximum absolute atomic E-state index is 13.5. The highest BCUT2D eigenvalue weighted by Crippen LogP contribution is 2.33. The van der Waals surface area contributed by atoms with Crippen molar-refractivity contribution in [1.29, 1.82) is 0 Å². The van der Waals surface area contributed by atoms with Gasteiger partial charge >= 0.3 is 0 Å². The van der Waals surface area contributed by atoms with Gasteiger partial charge in [-0.1, -0.05) is 13.8 Å². The van der Waals surface area contributed by atoms with Gasteiger partial charge in [-0.2, -0.15) is 0 Å². The second-order valence-corrected chi connectivity index (χ2v) is 8.26. The van der Waals surface area contributed by atoms with Gasteiger partial charge in [-0.15, -0.1) is 5.10 Å². The first-order chi connectivity index (χ1) is 15.1. The van der Waals surface area contributed by atoms with Gasteiger partial charge in [0, 0.05) is 49.2 Å². The molecule has 0 spiro atoms. The number of hydrogen-bond acceptors (Lipinski definition) is 5. The quantitative estimate of drug-likeness (QED) is 0.544. The third kappa shape index (κ3) is 3.77. The van der Waals surface area contributed by atoms with Gasteiger partial charge in [0.2, 0.25) is 0 Å². The maximum Gasteiger partial charge on any atom is 0.155 e. The zero-order valence-corrected chi connectivity index (χ0v) is 17.7. The Bertz CT molecular complexity index is 1190. The minimum Gasteiger partial charge on any atom is -0.352 e. The monoisotopic (exact) mass is 416 g/mol. The number of hydrogen-bond donors (Lipinski definition) is 1. The van der Waals surface area contributed by atoms with Gasteiger partial charge in [0.05, 0.1) is 5.69 Å². The SMILES string of the molecule is CC(C)C1CN(c2ccc3nc(-c4ccc(F)cc4)c(-c4ccncc4)n3n2)CCN1. The Balaban J connectivity index is 1.64. The minimum atomic E-state index is -0.267. The summed E-state index contributed by atoms with van der Waals surface area (Å²) in [4.78, 5) is 11.3. The van der Waals surface area contributed by atoms with Crippen molar-refractivity contribution in [2.45, 2.75) is 19.9 Å². The zero-order chi connectivity index (χ0) is 21.4. The lowest BCUT2D eigenvalue weighted by molar-refractivity contribution is 0.367. The van der Waals surface area contributed by atoms with Gasteiger partial charge < -0.3 is 10.2 Å². The largest absolute Gasteiger partial charge is 0.352 e. The first-order valence-corrected chi connectivity index (χ1v) is 10.6. The molecule has 1 saturated heterocycles. The molecule has 1 aliphatic heterocycles. The number of piperazine rings is 1. The standard InChI is InChI=1S/C24H25FN6/c1-16(2)20-15-30(14-13-27-20)22-8-7-21-28-23(17-3-5-19(25)6-4-17)24(31(21)29-22)18-9-11-26-12-10-18/h3-12,16,20,27H,13-15H2,1-2H3. The van der Waals surface area contributed by atoms with E-state index in [1.165, 1.54) is 12.1 Å². The molecule has 1 N–H and O–H groups in total. The Morgan fingerprint density at radius 2 is 1.77 bits per heavy atom. The summed E-state index contributed by atoms with van der Waals surface area (Å²) in [5.74, 6) is 1.21. The number of nitrogens with one attached hydrogen (secondary N) is 1. The molecule has 0 radical (unpaired) electrons. The first-order valence-electron chi connectivity index (χ1n) is 10.6. The average molecular weight is 417 g/mol. The second kappa shape index (κ2) is 8.07. The number of halogens is 1. The molecule has 1 aliphatic rings. The Morgan fingerprint density at radius 3 is 2.52 bits per heavy atom. The summed E-state index contributed by atoms with van der Waals surface area (Å²) in [6.45, 7) is 7.24. The van der Waals surface area contributed by atoms with Crippen molar-refractivity contribution in [2.75, 3.05) is 24.5 Å². The minimum absolute atomic E-state index is 0.267. The van der Waals surface area contributed by atoms with Crippen molar-refractivity contribution in [3.63, 3.8) is 0 Å². The molecular formula is C24H25FN6. The van der Waals surface area contributed by atoms with Gasteiger partial charge in [0.25, 0.3) is 0 Å². The van der Waals surface area contributed by atoms with Crippen LogP contribution >= 0.6 is 0 Å². The van der Waals surface area contributed by atoms with E-state index in [1.54, 1.807) is 24.5 Å². The summed E-state index contributed by atoms with van der Waals surface area (Å²) in [5.41, 5.74) is 4.22. The lowest BCUT2D eigenvalue weighted by Crippen LogP contribution is -2.53. The van der Waals surface area contributed by atoms with E-state index in [9.17, 15) is 4.39 Å². The number of rotatable bonds is 4. The van der Waals surface area contributed by atoms with Crippen LogP contribution in [-0.2, 0) is 0 Å². The topological polar surface area (TPSA) is 58.4 Å². The summed E-state index contributed by atoms with van der Waals surface area (Å²) in [5, 5.41) is 8.59. The smallest absolute Gasteiger partial charge is 0.155 e. The molecule has 31 heavy (non-hydrogen) atoms. The van der Waals surface area contributed by atoms with Crippen LogP contribution in [0, 0.1) is 11.7 Å². The van der Waals surface area contributed by atoms with Crippen LogP contribution in [-0.4, -0.2) is 45.3 Å². The third-order valence-electron chi connectivity index (χ3n) is 5.87. The van der Waals surface area contributed by atoms with E-state index in [2.05, 4.69) is 29.0 Å². The van der Waals surface area contributed by atoms with E-state index < -0.39 is 0 Å². The highest BCUT2D eigenvalue weighted by Gasteiger charge is 2.24. The van der Waals surface area contributed by atoms with Gasteiger partial charge in [0.1, 0.15) is 17.3 Å². The predicted molar refractivity (Wildman–Crippen MR) is 120 cm³/mol. The number of anilines is 1. The number of aromatic nitrogens is 4. The normalized spacial score (nSPS) is 16.9. The van der Waals surface area contributed by atoms with Crippen molar-refractivity contribution in [2.24, 2.45) is 5.92 Å². The number of imidazole rings is 1. The van der Waals surface area contributed by atoms with Crippen molar-refractivity contribution in [1.82, 2.24) is 24.9 Å². The first kappa shape index (κ1) is 19.6. The highest BCUT2D eigenvalue weighted by molar-refractivity contribution is 5.81. The summed E-state index contributed by atoms with van der Waals surface area (Å²) in [6, 6.07) is 14.8. The van der Waals surface area contributed by atoms with E-state index in [4.69, 9.17) is 10.1 Å². The van der Waals surface area contributed by atoms with E-state index >= 15 is 0 Å². The average Bonchev–Trinajstić information content (AvgIpc) is 3.19. The summed E-state index contributed by atoms with van der Waals surface area (Å²) < 4.78 is 15.4. The van der Waals surface area contributed by atoms with Crippen molar-refractivity contribution < 1.29 is 4.39 Å². The lowest BCUT2D eigenvalue weighted by atomic mass is 10.0. The van der Waals surface area contributed by atoms with Crippen LogP contribution in [0.25, 0.3) is 28.2 Å². The van der Waals surface area contributed by atoms with Crippen LogP contribution in [0.3, 0.4) is 0 Å². The molecule has 6 nitrogen and oxygen atoms in total. The molecule has 3 aromatic heterocycles. The molecule has 4 aromatic rings. The fourth-order valence-electron chi connectivity index (χ4n) is 4.10. The third-order valence-corrected chi connectivity index (χ3v) is 5.87. The molecule has 0 bridgehead atoms. The lowest BCUT2D eigenvalue weighted by Gasteiger charge is -2.36. The summed E-state index contributed by atoms with van der Waals surface area (Å²) in [7, 11) is 0. The van der Waals surface area contributed by atoms with Crippen molar-refractivity contribution >= 4 is 11.5 Å². The summed E-state index contributed by atoms with van der Waals surface area (Å²) >= 11 is 0. The molecule has 4 heterocycles. The molecule has 158 valence electrons. The van der Waals surface area contributed by atoms with E-state index in [0.717, 1.165) is 53.6 Å². The Labute approximate surface area is 180 Å². The fraction of sp³-hybridized carbons (Fsp3) is 0.292. The van der Waals surface area contributed by atoms with Gasteiger partial charge in [-0.25, -0.2) is 13.9 Å². The highest BCUT2D eigenvalue weighted by atomic mass is 19.1. The number of nitrogens with zero attached hydrogens (tertiary/aromatic N) is 5. The Kier molecular flexibility index (Phi) is 5.11. The predicted octanol–water partition coefficient (Wildman–Crippen LogP) is 4.03. The molecule has 0 saturated carbocycles. The van der Waals surface area contributed by atoms with E-state index in [-0.39, 0.29) is 5.82 Å². The molecule has 1 atom stereocenters. The molecule has 1 unspecified atom stereocenters. The molecule has 1 fully saturated rings. The zero-order valence-electron chi connectivity index (χ0n) is 17.7. The number of fused-ring (bicyclic) bond motifs is 1. The molecule has 5 rings (SSSR count). The van der Waals surface area contributed by atoms with E-state index in [1.807, 2.05) is 28.8 Å². The van der Waals surface area contributed by atoms with Crippen LogP contribution in [0.1, 0.15) is 13.8 Å². The molecular weight excluding hydrogens is 391 g/mol. The van der Waals surface area contributed by atoms with Crippen LogP contribution < -0.4 is 10.2 Å². The Hall–Kier alpha value is -3.32. The maximum atomic E-state index is 13.5. The van der Waals surface area contributed by atoms with Crippen LogP contribution in [0.2, 0.25) is 0 Å². The van der Waals surface area contributed by atoms with Crippen molar-refractivity contribution in [3.05, 3.63) is 66.7 Å². The van der Waals surface area contributed by atoms with Crippen LogP contribution in [0.4, 0.5) is 10.2 Å². The van der Waals surface area contributed by atoms with Crippen LogP contribution in [0.15, 0.2) is 60.9 Å². The molecule has 7 heteroatoms. The Morgan fingerprint density at radius 1 is 1.00 bits per heavy atom. The molecule has 1 aromatic carbocycles. The number of benzene rings is 1. The second-order valence-electron chi connectivity index (χ2n) is 8.26. The van der Waals surface area contributed by atoms with Gasteiger partial charge in [-0.3, -0.25) is 4.98 Å². The number of pyridine rings is 1. The molecule has 0 amide bonds. The fourth-order valence-corrected chi connectivity index (χ4v) is 4.10.